The van der Waals surface area contributed by atoms with Gasteiger partial charge in [-0.1, -0.05) is 0 Å². The van der Waals surface area contributed by atoms with Gasteiger partial charge in [0.05, 0.1) is 22.7 Å². The SMILES string of the molecule is CCNC(=O)c1cc2c(CNC(=O)c3ccc(C)nc3)nn(C)c2s1.O=C(O)C(F)(F)F. The number of carboxylic acid groups (broad SMARTS) is 1. The highest BCUT2D eigenvalue weighted by Crippen LogP contribution is 2.28. The summed E-state index contributed by atoms with van der Waals surface area (Å²) < 4.78 is 33.5. The van der Waals surface area contributed by atoms with Crippen LogP contribution in [-0.4, -0.2) is 50.4 Å². The number of fused-ring (bicyclic) bond motifs is 1. The third kappa shape index (κ3) is 6.26. The minimum absolute atomic E-state index is 0.0931. The fraction of sp³-hybridized carbons (Fsp3) is 0.316. The summed E-state index contributed by atoms with van der Waals surface area (Å²) in [5.74, 6) is -3.05. The number of carbonyl (C=O) groups excluding carboxylic acids is 2. The lowest BCUT2D eigenvalue weighted by molar-refractivity contribution is -0.192. The van der Waals surface area contributed by atoms with Gasteiger partial charge in [0, 0.05) is 30.9 Å². The highest BCUT2D eigenvalue weighted by Gasteiger charge is 2.38. The van der Waals surface area contributed by atoms with Crippen molar-refractivity contribution in [2.45, 2.75) is 26.6 Å². The molecular formula is C19H20F3N5O4S. The maximum absolute atomic E-state index is 12.2. The molecule has 0 fully saturated rings. The molecule has 0 unspecified atom stereocenters. The molecule has 0 aliphatic rings. The van der Waals surface area contributed by atoms with E-state index >= 15 is 0 Å². The molecule has 13 heteroatoms. The minimum Gasteiger partial charge on any atom is -0.475 e. The first-order valence-electron chi connectivity index (χ1n) is 9.18. The first-order valence-corrected chi connectivity index (χ1v) is 10.00. The molecule has 3 N–H and O–H groups in total. The van der Waals surface area contributed by atoms with Crippen molar-refractivity contribution in [3.63, 3.8) is 0 Å². The zero-order valence-corrected chi connectivity index (χ0v) is 18.1. The zero-order valence-electron chi connectivity index (χ0n) is 17.3. The van der Waals surface area contributed by atoms with E-state index < -0.39 is 12.1 Å². The van der Waals surface area contributed by atoms with Crippen LogP contribution in [0.3, 0.4) is 0 Å². The van der Waals surface area contributed by atoms with Crippen molar-refractivity contribution < 1.29 is 32.7 Å². The van der Waals surface area contributed by atoms with Gasteiger partial charge in [-0.15, -0.1) is 11.3 Å². The number of aromatic nitrogens is 3. The molecule has 3 heterocycles. The minimum atomic E-state index is -5.08. The Balaban J connectivity index is 0.000000451. The molecule has 0 aromatic carbocycles. The molecule has 0 saturated carbocycles. The summed E-state index contributed by atoms with van der Waals surface area (Å²) in [6.07, 6.45) is -3.53. The number of carboxylic acids is 1. The number of pyridine rings is 1. The van der Waals surface area contributed by atoms with Crippen LogP contribution in [-0.2, 0) is 18.4 Å². The lowest BCUT2D eigenvalue weighted by Crippen LogP contribution is -2.23. The molecule has 2 amide bonds. The number of aliphatic carboxylic acids is 1. The van der Waals surface area contributed by atoms with Crippen molar-refractivity contribution in [3.05, 3.63) is 46.2 Å². The molecule has 3 aromatic rings. The average molecular weight is 471 g/mol. The number of amides is 2. The Labute approximate surface area is 184 Å². The second-order valence-corrected chi connectivity index (χ2v) is 7.46. The molecule has 172 valence electrons. The quantitative estimate of drug-likeness (QED) is 0.525. The van der Waals surface area contributed by atoms with Crippen LogP contribution in [0.25, 0.3) is 10.2 Å². The summed E-state index contributed by atoms with van der Waals surface area (Å²) in [4.78, 5) is 38.8. The Morgan fingerprint density at radius 2 is 1.84 bits per heavy atom. The molecule has 32 heavy (non-hydrogen) atoms. The van der Waals surface area contributed by atoms with E-state index in [1.807, 2.05) is 27.0 Å². The fourth-order valence-corrected chi connectivity index (χ4v) is 3.48. The molecule has 0 atom stereocenters. The van der Waals surface area contributed by atoms with Crippen LogP contribution in [0.5, 0.6) is 0 Å². The van der Waals surface area contributed by atoms with Gasteiger partial charge in [0.15, 0.2) is 0 Å². The van der Waals surface area contributed by atoms with Crippen molar-refractivity contribution in [2.75, 3.05) is 6.54 Å². The average Bonchev–Trinajstić information content (AvgIpc) is 3.28. The smallest absolute Gasteiger partial charge is 0.475 e. The summed E-state index contributed by atoms with van der Waals surface area (Å²) in [6, 6.07) is 5.36. The summed E-state index contributed by atoms with van der Waals surface area (Å²) in [5.41, 5.74) is 2.10. The normalized spacial score (nSPS) is 10.9. The topological polar surface area (TPSA) is 126 Å². The monoisotopic (exact) mass is 471 g/mol. The molecule has 3 rings (SSSR count). The molecular weight excluding hydrogens is 451 g/mol. The third-order valence-corrected chi connectivity index (χ3v) is 5.18. The molecule has 0 spiro atoms. The Morgan fingerprint density at radius 1 is 1.19 bits per heavy atom. The van der Waals surface area contributed by atoms with Crippen LogP contribution in [0.15, 0.2) is 24.4 Å². The lowest BCUT2D eigenvalue weighted by Gasteiger charge is -2.03. The Hall–Kier alpha value is -3.48. The van der Waals surface area contributed by atoms with Gasteiger partial charge in [0.2, 0.25) is 0 Å². The van der Waals surface area contributed by atoms with Crippen LogP contribution in [0.2, 0.25) is 0 Å². The van der Waals surface area contributed by atoms with Crippen LogP contribution in [0.4, 0.5) is 13.2 Å². The van der Waals surface area contributed by atoms with Crippen molar-refractivity contribution >= 4 is 39.3 Å². The standard InChI is InChI=1S/C17H19N5O2S.C2HF3O2/c1-4-18-16(24)14-7-12-13(21-22(3)17(12)25-14)9-20-15(23)11-6-5-10(2)19-8-11;3-2(4,5)1(6)7/h5-8H,4,9H2,1-3H3,(H,18,24)(H,20,23);(H,6,7). The van der Waals surface area contributed by atoms with Crippen molar-refractivity contribution in [1.82, 2.24) is 25.4 Å². The van der Waals surface area contributed by atoms with Gasteiger partial charge in [-0.2, -0.15) is 18.3 Å². The first-order chi connectivity index (χ1) is 14.9. The van der Waals surface area contributed by atoms with E-state index in [0.717, 1.165) is 21.6 Å². The number of hydrogen-bond acceptors (Lipinski definition) is 6. The van der Waals surface area contributed by atoms with Crippen LogP contribution < -0.4 is 10.6 Å². The first kappa shape index (κ1) is 24.8. The van der Waals surface area contributed by atoms with Crippen LogP contribution in [0.1, 0.15) is 38.3 Å². The van der Waals surface area contributed by atoms with Gasteiger partial charge in [0.1, 0.15) is 4.83 Å². The molecule has 3 aromatic heterocycles. The van der Waals surface area contributed by atoms with Crippen LogP contribution >= 0.6 is 11.3 Å². The van der Waals surface area contributed by atoms with Gasteiger partial charge in [0.25, 0.3) is 11.8 Å². The van der Waals surface area contributed by atoms with Gasteiger partial charge >= 0.3 is 12.1 Å². The summed E-state index contributed by atoms with van der Waals surface area (Å²) >= 11 is 1.39. The van der Waals surface area contributed by atoms with Crippen LogP contribution in [0, 0.1) is 6.92 Å². The van der Waals surface area contributed by atoms with E-state index in [0.29, 0.717) is 17.0 Å². The number of carbonyl (C=O) groups is 3. The Bertz CT molecular complexity index is 1120. The zero-order chi connectivity index (χ0) is 24.1. The van der Waals surface area contributed by atoms with E-state index in [-0.39, 0.29) is 18.4 Å². The van der Waals surface area contributed by atoms with Crippen molar-refractivity contribution in [3.8, 4) is 0 Å². The van der Waals surface area contributed by atoms with Gasteiger partial charge < -0.3 is 15.7 Å². The fourth-order valence-electron chi connectivity index (χ4n) is 2.47. The molecule has 9 nitrogen and oxygen atoms in total. The lowest BCUT2D eigenvalue weighted by atomic mass is 10.2. The highest BCUT2D eigenvalue weighted by atomic mass is 32.1. The second-order valence-electron chi connectivity index (χ2n) is 6.43. The van der Waals surface area contributed by atoms with Gasteiger partial charge in [-0.3, -0.25) is 19.3 Å². The predicted molar refractivity (Wildman–Crippen MR) is 110 cm³/mol. The van der Waals surface area contributed by atoms with Gasteiger partial charge in [-0.05, 0) is 32.0 Å². The summed E-state index contributed by atoms with van der Waals surface area (Å²) in [7, 11) is 1.83. The Morgan fingerprint density at radius 3 is 2.38 bits per heavy atom. The van der Waals surface area contributed by atoms with E-state index in [1.54, 1.807) is 23.0 Å². The predicted octanol–water partition coefficient (Wildman–Crippen LogP) is 2.65. The maximum Gasteiger partial charge on any atom is 0.490 e. The molecule has 0 saturated heterocycles. The summed E-state index contributed by atoms with van der Waals surface area (Å²) in [6.45, 7) is 4.62. The maximum atomic E-state index is 12.2. The second kappa shape index (κ2) is 10.2. The number of alkyl halides is 3. The molecule has 0 aliphatic heterocycles. The molecule has 0 radical (unpaired) electrons. The van der Waals surface area contributed by atoms with Crippen molar-refractivity contribution in [2.24, 2.45) is 7.05 Å². The summed E-state index contributed by atoms with van der Waals surface area (Å²) in [5, 5.41) is 18.1. The molecule has 0 bridgehead atoms. The van der Waals surface area contributed by atoms with Gasteiger partial charge in [-0.25, -0.2) is 4.79 Å². The molecule has 0 aliphatic carbocycles. The number of rotatable bonds is 5. The number of hydrogen-bond donors (Lipinski definition) is 3. The van der Waals surface area contributed by atoms with E-state index in [4.69, 9.17) is 9.90 Å². The largest absolute Gasteiger partial charge is 0.490 e. The highest BCUT2D eigenvalue weighted by molar-refractivity contribution is 7.20. The number of halogens is 3. The van der Waals surface area contributed by atoms with Crippen molar-refractivity contribution in [1.29, 1.82) is 0 Å². The number of nitrogens with zero attached hydrogens (tertiary/aromatic N) is 3. The van der Waals surface area contributed by atoms with E-state index in [1.165, 1.54) is 11.3 Å². The van der Waals surface area contributed by atoms with E-state index in [9.17, 15) is 22.8 Å². The number of thiophene rings is 1. The number of aryl methyl sites for hydroxylation is 2. The number of nitrogens with one attached hydrogen (secondary N) is 2. The Kier molecular flexibility index (Phi) is 7.92. The third-order valence-electron chi connectivity index (χ3n) is 3.98. The van der Waals surface area contributed by atoms with E-state index in [2.05, 4.69) is 20.7 Å².